The topological polar surface area (TPSA) is 24.5 Å². The van der Waals surface area contributed by atoms with Crippen LogP contribution in [0.1, 0.15) is 5.56 Å². The van der Waals surface area contributed by atoms with Gasteiger partial charge < -0.3 is 10.1 Å². The Morgan fingerprint density at radius 1 is 1.14 bits per heavy atom. The van der Waals surface area contributed by atoms with E-state index in [2.05, 4.69) is 22.3 Å². The van der Waals surface area contributed by atoms with Crippen LogP contribution in [0.4, 0.5) is 5.69 Å². The van der Waals surface area contributed by atoms with Crippen molar-refractivity contribution in [3.63, 3.8) is 0 Å². The molecule has 0 saturated carbocycles. The van der Waals surface area contributed by atoms with E-state index in [0.29, 0.717) is 0 Å². The first-order chi connectivity index (χ1) is 10.3. The number of hydrogen-bond donors (Lipinski definition) is 1. The normalized spacial score (nSPS) is 14.9. The summed E-state index contributed by atoms with van der Waals surface area (Å²) in [4.78, 5) is 2.41. The molecule has 0 aromatic heterocycles. The third-order valence-corrected chi connectivity index (χ3v) is 3.85. The summed E-state index contributed by atoms with van der Waals surface area (Å²) in [5.41, 5.74) is 2.33. The van der Waals surface area contributed by atoms with E-state index in [1.807, 2.05) is 36.4 Å². The Labute approximate surface area is 130 Å². The molecule has 2 aromatic rings. The molecular formula is C17H19ClN2O. The molecule has 3 rings (SSSR count). The number of fused-ring (bicyclic) bond motifs is 1. The molecule has 0 bridgehead atoms. The van der Waals surface area contributed by atoms with Crippen LogP contribution in [0.3, 0.4) is 0 Å². The van der Waals surface area contributed by atoms with Gasteiger partial charge in [-0.1, -0.05) is 35.9 Å². The van der Waals surface area contributed by atoms with E-state index < -0.39 is 0 Å². The Hall–Kier alpha value is -1.71. The molecule has 1 N–H and O–H groups in total. The van der Waals surface area contributed by atoms with Crippen molar-refractivity contribution in [3.05, 3.63) is 59.1 Å². The first-order valence-electron chi connectivity index (χ1n) is 7.24. The lowest BCUT2D eigenvalue weighted by molar-refractivity contribution is 0.232. The molecule has 0 aliphatic carbocycles. The Bertz CT molecular complexity index is 603. The largest absolute Gasteiger partial charge is 0.492 e. The van der Waals surface area contributed by atoms with E-state index in [9.17, 15) is 0 Å². The van der Waals surface area contributed by atoms with E-state index in [1.165, 1.54) is 5.56 Å². The van der Waals surface area contributed by atoms with Crippen LogP contribution in [-0.2, 0) is 6.54 Å². The lowest BCUT2D eigenvalue weighted by Gasteiger charge is -2.19. The first kappa shape index (κ1) is 14.2. The van der Waals surface area contributed by atoms with Crippen LogP contribution in [0.15, 0.2) is 48.5 Å². The summed E-state index contributed by atoms with van der Waals surface area (Å²) in [7, 11) is 0. The molecule has 0 unspecified atom stereocenters. The van der Waals surface area contributed by atoms with Crippen molar-refractivity contribution in [2.45, 2.75) is 6.54 Å². The maximum Gasteiger partial charge on any atom is 0.123 e. The molecule has 0 amide bonds. The maximum atomic E-state index is 5.98. The van der Waals surface area contributed by atoms with Crippen LogP contribution < -0.4 is 10.1 Å². The second-order valence-corrected chi connectivity index (χ2v) is 5.61. The van der Waals surface area contributed by atoms with Crippen LogP contribution >= 0.6 is 11.6 Å². The van der Waals surface area contributed by atoms with Crippen LogP contribution in [0, 0.1) is 0 Å². The summed E-state index contributed by atoms with van der Waals surface area (Å²) < 4.78 is 5.78. The predicted molar refractivity (Wildman–Crippen MR) is 87.2 cm³/mol. The third kappa shape index (κ3) is 3.90. The van der Waals surface area contributed by atoms with Gasteiger partial charge in [0.2, 0.25) is 0 Å². The minimum Gasteiger partial charge on any atom is -0.492 e. The van der Waals surface area contributed by atoms with Crippen molar-refractivity contribution in [2.24, 2.45) is 0 Å². The molecule has 1 aliphatic heterocycles. The standard InChI is InChI=1S/C17H19ClN2O/c18-15-5-3-6-16(12-15)19-8-9-20-10-11-21-17-7-2-1-4-14(17)13-20/h1-7,12,19H,8-11,13H2. The highest BCUT2D eigenvalue weighted by molar-refractivity contribution is 6.30. The van der Waals surface area contributed by atoms with E-state index in [0.717, 1.165) is 49.2 Å². The molecule has 2 aromatic carbocycles. The van der Waals surface area contributed by atoms with Gasteiger partial charge in [0.1, 0.15) is 12.4 Å². The number of anilines is 1. The summed E-state index contributed by atoms with van der Waals surface area (Å²) in [6, 6.07) is 16.1. The Kier molecular flexibility index (Phi) is 4.63. The van der Waals surface area contributed by atoms with Crippen molar-refractivity contribution in [1.29, 1.82) is 0 Å². The van der Waals surface area contributed by atoms with E-state index in [-0.39, 0.29) is 0 Å². The highest BCUT2D eigenvalue weighted by Gasteiger charge is 2.14. The highest BCUT2D eigenvalue weighted by atomic mass is 35.5. The first-order valence-corrected chi connectivity index (χ1v) is 7.61. The Morgan fingerprint density at radius 2 is 2.05 bits per heavy atom. The fourth-order valence-electron chi connectivity index (χ4n) is 2.53. The Morgan fingerprint density at radius 3 is 2.95 bits per heavy atom. The summed E-state index contributed by atoms with van der Waals surface area (Å²) in [6.45, 7) is 4.50. The fraction of sp³-hybridized carbons (Fsp3) is 0.294. The van der Waals surface area contributed by atoms with Gasteiger partial charge in [-0.3, -0.25) is 4.90 Å². The van der Waals surface area contributed by atoms with Gasteiger partial charge in [-0.15, -0.1) is 0 Å². The average Bonchev–Trinajstić information content (AvgIpc) is 2.69. The molecule has 0 fully saturated rings. The number of hydrogen-bond acceptors (Lipinski definition) is 3. The van der Waals surface area contributed by atoms with Gasteiger partial charge in [0.25, 0.3) is 0 Å². The van der Waals surface area contributed by atoms with Gasteiger partial charge in [-0.05, 0) is 24.3 Å². The van der Waals surface area contributed by atoms with E-state index >= 15 is 0 Å². The molecule has 1 heterocycles. The molecule has 0 spiro atoms. The highest BCUT2D eigenvalue weighted by Crippen LogP contribution is 2.22. The number of nitrogens with zero attached hydrogens (tertiary/aromatic N) is 1. The molecule has 0 saturated heterocycles. The molecule has 21 heavy (non-hydrogen) atoms. The number of para-hydroxylation sites is 1. The van der Waals surface area contributed by atoms with Gasteiger partial charge >= 0.3 is 0 Å². The quantitative estimate of drug-likeness (QED) is 0.933. The van der Waals surface area contributed by atoms with Crippen molar-refractivity contribution >= 4 is 17.3 Å². The molecule has 0 radical (unpaired) electrons. The van der Waals surface area contributed by atoms with Crippen LogP contribution in [0.2, 0.25) is 5.02 Å². The zero-order valence-corrected chi connectivity index (χ0v) is 12.6. The van der Waals surface area contributed by atoms with Crippen molar-refractivity contribution in [2.75, 3.05) is 31.6 Å². The summed E-state index contributed by atoms with van der Waals surface area (Å²) in [5.74, 6) is 1.02. The Balaban J connectivity index is 1.54. The smallest absolute Gasteiger partial charge is 0.123 e. The van der Waals surface area contributed by atoms with Crippen LogP contribution in [-0.4, -0.2) is 31.1 Å². The number of ether oxygens (including phenoxy) is 1. The number of benzene rings is 2. The van der Waals surface area contributed by atoms with Crippen LogP contribution in [0.5, 0.6) is 5.75 Å². The minimum absolute atomic E-state index is 0.744. The summed E-state index contributed by atoms with van der Waals surface area (Å²) in [6.07, 6.45) is 0. The monoisotopic (exact) mass is 302 g/mol. The van der Waals surface area contributed by atoms with Gasteiger partial charge in [-0.25, -0.2) is 0 Å². The van der Waals surface area contributed by atoms with Crippen molar-refractivity contribution in [3.8, 4) is 5.75 Å². The van der Waals surface area contributed by atoms with Crippen molar-refractivity contribution < 1.29 is 4.74 Å². The van der Waals surface area contributed by atoms with E-state index in [1.54, 1.807) is 0 Å². The zero-order chi connectivity index (χ0) is 14.5. The second-order valence-electron chi connectivity index (χ2n) is 5.17. The van der Waals surface area contributed by atoms with Gasteiger partial charge in [0.05, 0.1) is 0 Å². The molecule has 1 aliphatic rings. The van der Waals surface area contributed by atoms with Crippen molar-refractivity contribution in [1.82, 2.24) is 4.90 Å². The maximum absolute atomic E-state index is 5.98. The summed E-state index contributed by atoms with van der Waals surface area (Å²) in [5, 5.41) is 4.17. The molecule has 110 valence electrons. The SMILES string of the molecule is Clc1cccc(NCCN2CCOc3ccccc3C2)c1. The lowest BCUT2D eigenvalue weighted by Crippen LogP contribution is -2.30. The minimum atomic E-state index is 0.744. The zero-order valence-electron chi connectivity index (χ0n) is 11.9. The summed E-state index contributed by atoms with van der Waals surface area (Å²) >= 11 is 5.98. The average molecular weight is 303 g/mol. The fourth-order valence-corrected chi connectivity index (χ4v) is 2.72. The third-order valence-electron chi connectivity index (χ3n) is 3.61. The van der Waals surface area contributed by atoms with Crippen LogP contribution in [0.25, 0.3) is 0 Å². The van der Waals surface area contributed by atoms with Gasteiger partial charge in [0, 0.05) is 42.5 Å². The number of nitrogens with one attached hydrogen (secondary N) is 1. The van der Waals surface area contributed by atoms with Gasteiger partial charge in [0.15, 0.2) is 0 Å². The number of halogens is 1. The second kappa shape index (κ2) is 6.83. The predicted octanol–water partition coefficient (Wildman–Crippen LogP) is 3.65. The lowest BCUT2D eigenvalue weighted by atomic mass is 10.2. The molecule has 0 atom stereocenters. The van der Waals surface area contributed by atoms with E-state index in [4.69, 9.17) is 16.3 Å². The molecule has 4 heteroatoms. The molecular weight excluding hydrogens is 284 g/mol. The molecule has 3 nitrogen and oxygen atoms in total. The van der Waals surface area contributed by atoms with Gasteiger partial charge in [-0.2, -0.15) is 0 Å². The number of rotatable bonds is 4.